The second-order valence-corrected chi connectivity index (χ2v) is 20.2. The molecule has 0 amide bonds. The van der Waals surface area contributed by atoms with E-state index in [9.17, 15) is 30.0 Å². The van der Waals surface area contributed by atoms with Crippen LogP contribution >= 0.6 is 23.2 Å². The predicted molar refractivity (Wildman–Crippen MR) is 217 cm³/mol. The zero-order chi connectivity index (χ0) is 39.3. The second kappa shape index (κ2) is 15.8. The largest absolute Gasteiger partial charge is 0.505 e. The van der Waals surface area contributed by atoms with Gasteiger partial charge in [-0.15, -0.1) is 0 Å². The molecule has 8 heteroatoms. The number of fused-ring (bicyclic) bond motifs is 5. The summed E-state index contributed by atoms with van der Waals surface area (Å²) in [6, 6.07) is 5.93. The van der Waals surface area contributed by atoms with Gasteiger partial charge in [-0.3, -0.25) is 0 Å². The maximum atomic E-state index is 12.0. The van der Waals surface area contributed by atoms with E-state index in [1.165, 1.54) is 89.2 Å². The predicted octanol–water partition coefficient (Wildman–Crippen LogP) is 13.2. The molecule has 6 rings (SSSR count). The fraction of sp³-hybridized carbons (Fsp3) is 0.696. The lowest BCUT2D eigenvalue weighted by atomic mass is 9.39. The number of carboxylic acid groups (broad SMARTS) is 2. The van der Waals surface area contributed by atoms with E-state index in [1.54, 1.807) is 12.1 Å². The van der Waals surface area contributed by atoms with Crippen LogP contribution < -0.4 is 0 Å². The summed E-state index contributed by atoms with van der Waals surface area (Å²) in [6.45, 7) is 15.3. The molecule has 4 N–H and O–H groups in total. The molecule has 0 aliphatic heterocycles. The third kappa shape index (κ3) is 7.53. The standard InChI is InChI=1S/C46H64Cl2O6/c1-26(2)9-7-10-27(3)35-13-14-38-45(35,5)20-17-39-44(4)18-15-28(21-31(44)16-19-46(38,39)6)11-8-12-32(29-22-33(42(51)52)40(49)36(47)24-29)30-23-34(43(53)54)41(50)37(48)25-30/h22-28,31-32,35,38-39,49-50H,7-21H2,1-6H3,(H,51,52)(H,53,54)/t27-,28+,31+,35-,38-,39-,44+,45-,46+/m1/s1. The second-order valence-electron chi connectivity index (χ2n) is 19.4. The molecule has 2 aromatic carbocycles. The molecule has 2 aromatic rings. The van der Waals surface area contributed by atoms with Gasteiger partial charge in [0.25, 0.3) is 0 Å². The first-order valence-electron chi connectivity index (χ1n) is 20.9. The summed E-state index contributed by atoms with van der Waals surface area (Å²) in [7, 11) is 0. The van der Waals surface area contributed by atoms with Crippen molar-refractivity contribution in [1.82, 2.24) is 0 Å². The quantitative estimate of drug-likeness (QED) is 0.161. The first kappa shape index (κ1) is 41.2. The minimum atomic E-state index is -1.30. The molecule has 0 saturated heterocycles. The van der Waals surface area contributed by atoms with E-state index >= 15 is 0 Å². The Bertz CT molecular complexity index is 1650. The van der Waals surface area contributed by atoms with Crippen LogP contribution in [0.2, 0.25) is 10.0 Å². The van der Waals surface area contributed by atoms with Crippen molar-refractivity contribution < 1.29 is 30.0 Å². The lowest BCUT2D eigenvalue weighted by Gasteiger charge is -2.66. The summed E-state index contributed by atoms with van der Waals surface area (Å²) in [4.78, 5) is 24.0. The summed E-state index contributed by atoms with van der Waals surface area (Å²) in [5.74, 6) is 1.36. The third-order valence-electron chi connectivity index (χ3n) is 16.1. The van der Waals surface area contributed by atoms with Gasteiger partial charge in [-0.1, -0.05) is 96.8 Å². The van der Waals surface area contributed by atoms with E-state index in [1.807, 2.05) is 0 Å². The summed E-state index contributed by atoms with van der Waals surface area (Å²) >= 11 is 12.7. The van der Waals surface area contributed by atoms with Crippen LogP contribution in [0.5, 0.6) is 11.5 Å². The lowest BCUT2D eigenvalue weighted by Crippen LogP contribution is -2.58. The fourth-order valence-corrected chi connectivity index (χ4v) is 13.9. The molecular formula is C46H64Cl2O6. The number of aromatic hydroxyl groups is 2. The molecule has 6 nitrogen and oxygen atoms in total. The molecule has 298 valence electrons. The molecule has 54 heavy (non-hydrogen) atoms. The first-order valence-corrected chi connectivity index (χ1v) is 21.7. The molecule has 0 radical (unpaired) electrons. The highest BCUT2D eigenvalue weighted by Crippen LogP contribution is 2.73. The highest BCUT2D eigenvalue weighted by molar-refractivity contribution is 6.33. The molecule has 0 heterocycles. The van der Waals surface area contributed by atoms with Gasteiger partial charge in [-0.05, 0) is 157 Å². The Morgan fingerprint density at radius 1 is 0.704 bits per heavy atom. The summed E-state index contributed by atoms with van der Waals surface area (Å²) < 4.78 is 0. The maximum Gasteiger partial charge on any atom is 0.339 e. The Morgan fingerprint density at radius 3 is 1.83 bits per heavy atom. The fourth-order valence-electron chi connectivity index (χ4n) is 13.4. The van der Waals surface area contributed by atoms with Crippen LogP contribution in [0.15, 0.2) is 24.3 Å². The van der Waals surface area contributed by atoms with Crippen molar-refractivity contribution in [2.75, 3.05) is 0 Å². The Kier molecular flexibility index (Phi) is 12.1. The van der Waals surface area contributed by atoms with Crippen molar-refractivity contribution in [2.45, 2.75) is 144 Å². The Labute approximate surface area is 333 Å². The van der Waals surface area contributed by atoms with Crippen LogP contribution in [0.4, 0.5) is 0 Å². The monoisotopic (exact) mass is 782 g/mol. The highest BCUT2D eigenvalue weighted by atomic mass is 35.5. The van der Waals surface area contributed by atoms with E-state index in [0.717, 1.165) is 48.3 Å². The van der Waals surface area contributed by atoms with E-state index in [2.05, 4.69) is 41.5 Å². The van der Waals surface area contributed by atoms with Gasteiger partial charge in [-0.2, -0.15) is 0 Å². The van der Waals surface area contributed by atoms with Gasteiger partial charge in [0.1, 0.15) is 22.6 Å². The minimum absolute atomic E-state index is 0.0820. The van der Waals surface area contributed by atoms with Crippen LogP contribution in [-0.4, -0.2) is 32.4 Å². The topological polar surface area (TPSA) is 115 Å². The normalized spacial score (nSPS) is 32.6. The molecule has 4 saturated carbocycles. The summed E-state index contributed by atoms with van der Waals surface area (Å²) in [6.07, 6.45) is 18.6. The van der Waals surface area contributed by atoms with Crippen LogP contribution in [-0.2, 0) is 0 Å². The third-order valence-corrected chi connectivity index (χ3v) is 16.7. The van der Waals surface area contributed by atoms with Gasteiger partial charge in [0.15, 0.2) is 0 Å². The number of rotatable bonds is 13. The maximum absolute atomic E-state index is 12.0. The van der Waals surface area contributed by atoms with Crippen LogP contribution in [0.1, 0.15) is 176 Å². The molecule has 0 bridgehead atoms. The number of hydrogen-bond donors (Lipinski definition) is 4. The van der Waals surface area contributed by atoms with Gasteiger partial charge in [-0.25, -0.2) is 9.59 Å². The van der Waals surface area contributed by atoms with Crippen LogP contribution in [0.25, 0.3) is 0 Å². The minimum Gasteiger partial charge on any atom is -0.505 e. The van der Waals surface area contributed by atoms with E-state index in [-0.39, 0.29) is 21.2 Å². The van der Waals surface area contributed by atoms with E-state index in [0.29, 0.717) is 39.7 Å². The number of benzene rings is 2. The molecule has 0 spiro atoms. The van der Waals surface area contributed by atoms with Crippen molar-refractivity contribution in [3.8, 4) is 11.5 Å². The molecular weight excluding hydrogens is 719 g/mol. The zero-order valence-electron chi connectivity index (χ0n) is 33.4. The molecule has 0 unspecified atom stereocenters. The molecule has 4 aliphatic rings. The number of carbonyl (C=O) groups is 2. The molecule has 4 fully saturated rings. The van der Waals surface area contributed by atoms with Crippen LogP contribution in [0.3, 0.4) is 0 Å². The van der Waals surface area contributed by atoms with Gasteiger partial charge in [0.2, 0.25) is 0 Å². The number of aromatic carboxylic acids is 2. The van der Waals surface area contributed by atoms with Gasteiger partial charge >= 0.3 is 11.9 Å². The Hall–Kier alpha value is -2.44. The van der Waals surface area contributed by atoms with Gasteiger partial charge in [0.05, 0.1) is 10.0 Å². The molecule has 0 aromatic heterocycles. The zero-order valence-corrected chi connectivity index (χ0v) is 34.9. The van der Waals surface area contributed by atoms with E-state index in [4.69, 9.17) is 23.2 Å². The van der Waals surface area contributed by atoms with Crippen molar-refractivity contribution in [2.24, 2.45) is 57.7 Å². The smallest absolute Gasteiger partial charge is 0.339 e. The van der Waals surface area contributed by atoms with Gasteiger partial charge < -0.3 is 20.4 Å². The number of carboxylic acids is 2. The Balaban J connectivity index is 1.15. The van der Waals surface area contributed by atoms with Crippen molar-refractivity contribution in [1.29, 1.82) is 0 Å². The lowest BCUT2D eigenvalue weighted by molar-refractivity contribution is -0.172. The molecule has 4 aliphatic carbocycles. The summed E-state index contributed by atoms with van der Waals surface area (Å²) in [5, 5.41) is 40.2. The average Bonchev–Trinajstić information content (AvgIpc) is 3.47. The SMILES string of the molecule is CC(C)CCC[C@@H](C)[C@H]1CC[C@H]2[C@]3(C)CC[C@H]4C[C@@H](CCCC(c5cc(Cl)c(O)c(C(=O)O)c5)c5cc(Cl)c(O)c(C(=O)O)c5)CC[C@]4(C)[C@H]3CC[C@@]21C. The average molecular weight is 784 g/mol. The van der Waals surface area contributed by atoms with Crippen LogP contribution in [0, 0.1) is 57.7 Å². The van der Waals surface area contributed by atoms with Gasteiger partial charge in [0, 0.05) is 5.92 Å². The van der Waals surface area contributed by atoms with Crippen molar-refractivity contribution >= 4 is 35.1 Å². The van der Waals surface area contributed by atoms with E-state index < -0.39 is 29.4 Å². The number of phenols is 2. The first-order chi connectivity index (χ1) is 25.4. The summed E-state index contributed by atoms with van der Waals surface area (Å²) in [5.41, 5.74) is 1.76. The molecule has 9 atom stereocenters. The van der Waals surface area contributed by atoms with Crippen molar-refractivity contribution in [3.63, 3.8) is 0 Å². The number of hydrogen-bond acceptors (Lipinski definition) is 4. The van der Waals surface area contributed by atoms with Crippen molar-refractivity contribution in [3.05, 3.63) is 56.6 Å². The Morgan fingerprint density at radius 2 is 1.26 bits per heavy atom. The highest BCUT2D eigenvalue weighted by Gasteiger charge is 2.65. The number of halogens is 2.